The number of carbonyl (C=O) groups is 3. The Morgan fingerprint density at radius 1 is 0.889 bits per heavy atom. The Labute approximate surface area is 210 Å². The minimum atomic E-state index is -0.625. The minimum Gasteiger partial charge on any atom is -0.332 e. The van der Waals surface area contributed by atoms with Crippen molar-refractivity contribution in [1.82, 2.24) is 14.7 Å². The zero-order valence-electron chi connectivity index (χ0n) is 20.7. The minimum absolute atomic E-state index is 0.221. The number of carbonyl (C=O) groups excluding carboxylic acids is 3. The number of anilines is 1. The van der Waals surface area contributed by atoms with Crippen molar-refractivity contribution in [3.05, 3.63) is 113 Å². The number of aromatic nitrogens is 2. The maximum Gasteiger partial charge on any atom is 0.295 e. The van der Waals surface area contributed by atoms with Gasteiger partial charge in [0, 0.05) is 18.3 Å². The number of aryl methyl sites for hydroxylation is 1. The predicted octanol–water partition coefficient (Wildman–Crippen LogP) is 5.14. The first-order valence-corrected chi connectivity index (χ1v) is 11.7. The SMILES string of the molecule is Cc1nn(-c2ccccc2)c(C)c1C(=O)C(=O)N(C)C(C)c1cccc(NC(=O)c2ccccc2)c1. The molecule has 36 heavy (non-hydrogen) atoms. The molecule has 7 heteroatoms. The zero-order chi connectivity index (χ0) is 25.8. The molecule has 3 aromatic carbocycles. The predicted molar refractivity (Wildman–Crippen MR) is 139 cm³/mol. The number of benzene rings is 3. The second-order valence-corrected chi connectivity index (χ2v) is 8.66. The third-order valence-electron chi connectivity index (χ3n) is 6.28. The van der Waals surface area contributed by atoms with Gasteiger partial charge in [0.25, 0.3) is 17.6 Å². The standard InChI is InChI=1S/C29H28N4O3/c1-19-26(21(3)33(31-19)25-16-9-6-10-17-25)27(34)29(36)32(4)20(2)23-14-11-15-24(18-23)30-28(35)22-12-7-5-8-13-22/h5-18,20H,1-4H3,(H,30,35). The van der Waals surface area contributed by atoms with Crippen LogP contribution in [0.3, 0.4) is 0 Å². The molecule has 1 aromatic heterocycles. The smallest absolute Gasteiger partial charge is 0.295 e. The molecule has 0 radical (unpaired) electrons. The molecule has 0 aliphatic heterocycles. The van der Waals surface area contributed by atoms with Crippen molar-refractivity contribution in [1.29, 1.82) is 0 Å². The molecular formula is C29H28N4O3. The number of rotatable bonds is 7. The molecule has 0 aliphatic carbocycles. The average molecular weight is 481 g/mol. The van der Waals surface area contributed by atoms with E-state index in [2.05, 4.69) is 10.4 Å². The number of Topliss-reactive ketones (excluding diaryl/α,β-unsaturated/α-hetero) is 1. The summed E-state index contributed by atoms with van der Waals surface area (Å²) in [4.78, 5) is 40.4. The number of hydrogen-bond acceptors (Lipinski definition) is 4. The Balaban J connectivity index is 1.52. The number of hydrogen-bond donors (Lipinski definition) is 1. The summed E-state index contributed by atoms with van der Waals surface area (Å²) in [6.07, 6.45) is 0. The van der Waals surface area contributed by atoms with E-state index >= 15 is 0 Å². The molecule has 0 saturated carbocycles. The molecule has 1 atom stereocenters. The molecule has 1 unspecified atom stereocenters. The molecule has 2 amide bonds. The highest BCUT2D eigenvalue weighted by Gasteiger charge is 2.30. The summed E-state index contributed by atoms with van der Waals surface area (Å²) in [6, 6.07) is 25.3. The maximum absolute atomic E-state index is 13.3. The van der Waals surface area contributed by atoms with Crippen LogP contribution in [-0.2, 0) is 4.79 Å². The van der Waals surface area contributed by atoms with E-state index in [1.807, 2.05) is 61.5 Å². The van der Waals surface area contributed by atoms with Gasteiger partial charge in [0.15, 0.2) is 0 Å². The third-order valence-corrected chi connectivity index (χ3v) is 6.28. The van der Waals surface area contributed by atoms with Crippen LogP contribution in [0.4, 0.5) is 5.69 Å². The fourth-order valence-corrected chi connectivity index (χ4v) is 4.13. The van der Waals surface area contributed by atoms with E-state index < -0.39 is 17.7 Å². The molecule has 4 rings (SSSR count). The number of likely N-dealkylation sites (N-methyl/N-ethyl adjacent to an activating group) is 1. The number of nitrogens with zero attached hydrogens (tertiary/aromatic N) is 3. The van der Waals surface area contributed by atoms with Gasteiger partial charge in [-0.25, -0.2) is 4.68 Å². The fraction of sp³-hybridized carbons (Fsp3) is 0.172. The summed E-state index contributed by atoms with van der Waals surface area (Å²) in [5, 5.41) is 7.38. The normalized spacial score (nSPS) is 11.6. The molecule has 4 aromatic rings. The van der Waals surface area contributed by atoms with E-state index in [-0.39, 0.29) is 5.91 Å². The molecule has 0 spiro atoms. The molecule has 0 saturated heterocycles. The first-order chi connectivity index (χ1) is 17.3. The van der Waals surface area contributed by atoms with E-state index in [1.54, 1.807) is 55.9 Å². The van der Waals surface area contributed by atoms with Crippen LogP contribution in [-0.4, -0.2) is 39.3 Å². The summed E-state index contributed by atoms with van der Waals surface area (Å²) in [5.74, 6) is -1.45. The van der Waals surface area contributed by atoms with E-state index in [0.29, 0.717) is 28.2 Å². The van der Waals surface area contributed by atoms with Crippen LogP contribution in [0.1, 0.15) is 50.6 Å². The summed E-state index contributed by atoms with van der Waals surface area (Å²) in [7, 11) is 1.60. The van der Waals surface area contributed by atoms with Gasteiger partial charge in [-0.2, -0.15) is 5.10 Å². The van der Waals surface area contributed by atoms with Gasteiger partial charge in [0.05, 0.1) is 28.7 Å². The molecule has 7 nitrogen and oxygen atoms in total. The Kier molecular flexibility index (Phi) is 7.10. The van der Waals surface area contributed by atoms with Crippen LogP contribution in [0, 0.1) is 13.8 Å². The van der Waals surface area contributed by atoms with Crippen molar-refractivity contribution in [3.8, 4) is 5.69 Å². The monoisotopic (exact) mass is 480 g/mol. The van der Waals surface area contributed by atoms with Crippen molar-refractivity contribution in [3.63, 3.8) is 0 Å². The van der Waals surface area contributed by atoms with Gasteiger partial charge in [-0.1, -0.05) is 48.5 Å². The van der Waals surface area contributed by atoms with Gasteiger partial charge in [-0.3, -0.25) is 14.4 Å². The zero-order valence-corrected chi connectivity index (χ0v) is 20.7. The van der Waals surface area contributed by atoms with Crippen molar-refractivity contribution in [2.45, 2.75) is 26.8 Å². The van der Waals surface area contributed by atoms with Crippen LogP contribution >= 0.6 is 0 Å². The lowest BCUT2D eigenvalue weighted by Crippen LogP contribution is -2.35. The molecule has 0 fully saturated rings. The highest BCUT2D eigenvalue weighted by molar-refractivity contribution is 6.43. The van der Waals surface area contributed by atoms with Gasteiger partial charge >= 0.3 is 0 Å². The van der Waals surface area contributed by atoms with Gasteiger partial charge < -0.3 is 10.2 Å². The summed E-state index contributed by atoms with van der Waals surface area (Å²) >= 11 is 0. The lowest BCUT2D eigenvalue weighted by Gasteiger charge is -2.25. The lowest BCUT2D eigenvalue weighted by molar-refractivity contribution is -0.127. The van der Waals surface area contributed by atoms with Gasteiger partial charge in [-0.15, -0.1) is 0 Å². The number of amides is 2. The average Bonchev–Trinajstić information content (AvgIpc) is 3.21. The van der Waals surface area contributed by atoms with Crippen molar-refractivity contribution in [2.75, 3.05) is 12.4 Å². The van der Waals surface area contributed by atoms with Crippen LogP contribution in [0.5, 0.6) is 0 Å². The fourth-order valence-electron chi connectivity index (χ4n) is 4.13. The van der Waals surface area contributed by atoms with Crippen LogP contribution in [0.25, 0.3) is 5.69 Å². The van der Waals surface area contributed by atoms with E-state index in [4.69, 9.17) is 0 Å². The molecule has 1 heterocycles. The highest BCUT2D eigenvalue weighted by Crippen LogP contribution is 2.25. The second-order valence-electron chi connectivity index (χ2n) is 8.66. The van der Waals surface area contributed by atoms with Crippen LogP contribution in [0.2, 0.25) is 0 Å². The molecule has 1 N–H and O–H groups in total. The Hall–Kier alpha value is -4.52. The maximum atomic E-state index is 13.3. The van der Waals surface area contributed by atoms with Gasteiger partial charge in [-0.05, 0) is 62.7 Å². The van der Waals surface area contributed by atoms with Crippen molar-refractivity contribution in [2.24, 2.45) is 0 Å². The molecular weight excluding hydrogens is 452 g/mol. The quantitative estimate of drug-likeness (QED) is 0.293. The largest absolute Gasteiger partial charge is 0.332 e. The summed E-state index contributed by atoms with van der Waals surface area (Å²) in [6.45, 7) is 5.36. The van der Waals surface area contributed by atoms with Gasteiger partial charge in [0.2, 0.25) is 0 Å². The number of ketones is 1. The Morgan fingerprint density at radius 2 is 1.53 bits per heavy atom. The Bertz CT molecular complexity index is 1410. The molecule has 0 bridgehead atoms. The Morgan fingerprint density at radius 3 is 2.19 bits per heavy atom. The first kappa shape index (κ1) is 24.6. The molecule has 0 aliphatic rings. The van der Waals surface area contributed by atoms with Crippen molar-refractivity contribution < 1.29 is 14.4 Å². The molecule has 182 valence electrons. The van der Waals surface area contributed by atoms with E-state index in [9.17, 15) is 14.4 Å². The second kappa shape index (κ2) is 10.4. The number of para-hydroxylation sites is 1. The summed E-state index contributed by atoms with van der Waals surface area (Å²) in [5.41, 5.74) is 4.20. The van der Waals surface area contributed by atoms with Crippen LogP contribution in [0.15, 0.2) is 84.9 Å². The number of nitrogens with one attached hydrogen (secondary N) is 1. The summed E-state index contributed by atoms with van der Waals surface area (Å²) < 4.78 is 1.68. The first-order valence-electron chi connectivity index (χ1n) is 11.7. The van der Waals surface area contributed by atoms with E-state index in [1.165, 1.54) is 4.90 Å². The third kappa shape index (κ3) is 4.95. The van der Waals surface area contributed by atoms with E-state index in [0.717, 1.165) is 11.3 Å². The van der Waals surface area contributed by atoms with Gasteiger partial charge in [0.1, 0.15) is 0 Å². The van der Waals surface area contributed by atoms with Crippen molar-refractivity contribution >= 4 is 23.3 Å². The lowest BCUT2D eigenvalue weighted by atomic mass is 10.0. The highest BCUT2D eigenvalue weighted by atomic mass is 16.2. The topological polar surface area (TPSA) is 84.3 Å². The van der Waals surface area contributed by atoms with Crippen LogP contribution < -0.4 is 5.32 Å².